The summed E-state index contributed by atoms with van der Waals surface area (Å²) in [7, 11) is 0. The molecule has 0 radical (unpaired) electrons. The summed E-state index contributed by atoms with van der Waals surface area (Å²) in [6.07, 6.45) is 0.841. The molecule has 0 aromatic carbocycles. The van der Waals surface area contributed by atoms with E-state index in [9.17, 15) is 4.79 Å². The monoisotopic (exact) mass is 287 g/mol. The van der Waals surface area contributed by atoms with Crippen LogP contribution in [0.3, 0.4) is 0 Å². The van der Waals surface area contributed by atoms with Crippen molar-refractivity contribution in [3.63, 3.8) is 0 Å². The highest BCUT2D eigenvalue weighted by molar-refractivity contribution is 8.02. The predicted molar refractivity (Wildman–Crippen MR) is 66.9 cm³/mol. The average Bonchev–Trinajstić information content (AvgIpc) is 2.88. The van der Waals surface area contributed by atoms with E-state index in [1.165, 1.54) is 23.1 Å². The molecule has 2 heterocycles. The zero-order valence-electron chi connectivity index (χ0n) is 8.91. The SMILES string of the molecule is CCc1nnc(Sc2nc(CC(=O)O)cs2)s1. The second kappa shape index (κ2) is 5.56. The minimum absolute atomic E-state index is 0.0343. The molecule has 17 heavy (non-hydrogen) atoms. The Morgan fingerprint density at radius 3 is 2.94 bits per heavy atom. The first-order chi connectivity index (χ1) is 8.17. The maximum atomic E-state index is 10.5. The van der Waals surface area contributed by atoms with Crippen LogP contribution in [0.15, 0.2) is 14.1 Å². The van der Waals surface area contributed by atoms with Crippen LogP contribution in [0.25, 0.3) is 0 Å². The largest absolute Gasteiger partial charge is 0.481 e. The first kappa shape index (κ1) is 12.5. The molecule has 2 aromatic rings. The molecule has 2 aromatic heterocycles. The minimum atomic E-state index is -0.865. The zero-order valence-corrected chi connectivity index (χ0v) is 11.4. The number of hydrogen-bond donors (Lipinski definition) is 1. The van der Waals surface area contributed by atoms with Gasteiger partial charge in [-0.3, -0.25) is 4.79 Å². The molecule has 1 N–H and O–H groups in total. The lowest BCUT2D eigenvalue weighted by Gasteiger charge is -1.89. The Morgan fingerprint density at radius 1 is 1.47 bits per heavy atom. The summed E-state index contributed by atoms with van der Waals surface area (Å²) in [5.41, 5.74) is 0.588. The van der Waals surface area contributed by atoms with Crippen molar-refractivity contribution in [2.45, 2.75) is 28.4 Å². The fourth-order valence-corrected chi connectivity index (χ4v) is 3.94. The Morgan fingerprint density at radius 2 is 2.29 bits per heavy atom. The molecule has 90 valence electrons. The van der Waals surface area contributed by atoms with E-state index in [0.717, 1.165) is 20.1 Å². The van der Waals surface area contributed by atoms with Crippen LogP contribution in [-0.2, 0) is 17.6 Å². The number of carboxylic acids is 1. The summed E-state index contributed by atoms with van der Waals surface area (Å²) in [5, 5.41) is 19.4. The van der Waals surface area contributed by atoms with Gasteiger partial charge in [0, 0.05) is 5.38 Å². The third kappa shape index (κ3) is 3.48. The number of carbonyl (C=O) groups is 1. The number of nitrogens with zero attached hydrogens (tertiary/aromatic N) is 3. The molecule has 0 unspecified atom stereocenters. The van der Waals surface area contributed by atoms with Crippen molar-refractivity contribution in [1.29, 1.82) is 0 Å². The van der Waals surface area contributed by atoms with Gasteiger partial charge in [0.1, 0.15) is 5.01 Å². The standard InChI is InChI=1S/C9H9N3O2S3/c1-2-6-11-12-9(16-6)17-8-10-5(4-15-8)3-7(13)14/h4H,2-3H2,1H3,(H,13,14). The summed E-state index contributed by atoms with van der Waals surface area (Å²) in [4.78, 5) is 14.7. The van der Waals surface area contributed by atoms with Gasteiger partial charge in [-0.1, -0.05) is 18.3 Å². The molecule has 2 rings (SSSR count). The van der Waals surface area contributed by atoms with E-state index >= 15 is 0 Å². The lowest BCUT2D eigenvalue weighted by Crippen LogP contribution is -1.99. The Bertz CT molecular complexity index is 523. The molecule has 0 saturated carbocycles. The van der Waals surface area contributed by atoms with E-state index in [1.807, 2.05) is 6.92 Å². The maximum Gasteiger partial charge on any atom is 0.309 e. The Balaban J connectivity index is 2.03. The maximum absolute atomic E-state index is 10.5. The second-order valence-electron chi connectivity index (χ2n) is 3.09. The molecule has 0 atom stereocenters. The Kier molecular flexibility index (Phi) is 4.08. The second-order valence-corrected chi connectivity index (χ2v) is 6.51. The van der Waals surface area contributed by atoms with Crippen LogP contribution >= 0.6 is 34.4 Å². The van der Waals surface area contributed by atoms with Crippen molar-refractivity contribution in [2.75, 3.05) is 0 Å². The number of thiazole rings is 1. The summed E-state index contributed by atoms with van der Waals surface area (Å²) in [6.45, 7) is 2.03. The van der Waals surface area contributed by atoms with Gasteiger partial charge in [0.25, 0.3) is 0 Å². The average molecular weight is 287 g/mol. The first-order valence-corrected chi connectivity index (χ1v) is 7.35. The fraction of sp³-hybridized carbons (Fsp3) is 0.333. The highest BCUT2D eigenvalue weighted by atomic mass is 32.2. The van der Waals surface area contributed by atoms with Crippen molar-refractivity contribution < 1.29 is 9.90 Å². The molecule has 0 aliphatic rings. The molecule has 0 aliphatic heterocycles. The molecular weight excluding hydrogens is 278 g/mol. The van der Waals surface area contributed by atoms with Gasteiger partial charge in [-0.05, 0) is 18.2 Å². The van der Waals surface area contributed by atoms with Gasteiger partial charge < -0.3 is 5.11 Å². The molecule has 0 bridgehead atoms. The van der Waals surface area contributed by atoms with E-state index < -0.39 is 5.97 Å². The van der Waals surface area contributed by atoms with Gasteiger partial charge in [0.2, 0.25) is 0 Å². The Labute approximate surface area is 110 Å². The number of rotatable bonds is 5. The molecule has 0 fully saturated rings. The lowest BCUT2D eigenvalue weighted by atomic mass is 10.3. The van der Waals surface area contributed by atoms with Crippen LogP contribution in [0.4, 0.5) is 0 Å². The van der Waals surface area contributed by atoms with E-state index in [-0.39, 0.29) is 6.42 Å². The lowest BCUT2D eigenvalue weighted by molar-refractivity contribution is -0.136. The smallest absolute Gasteiger partial charge is 0.309 e. The van der Waals surface area contributed by atoms with Crippen molar-refractivity contribution in [3.05, 3.63) is 16.1 Å². The molecule has 0 spiro atoms. The highest BCUT2D eigenvalue weighted by Gasteiger charge is 2.10. The highest BCUT2D eigenvalue weighted by Crippen LogP contribution is 2.32. The number of aryl methyl sites for hydroxylation is 1. The molecule has 0 aliphatic carbocycles. The summed E-state index contributed by atoms with van der Waals surface area (Å²) >= 11 is 4.40. The van der Waals surface area contributed by atoms with Crippen LogP contribution in [0.1, 0.15) is 17.6 Å². The van der Waals surface area contributed by atoms with Crippen LogP contribution in [0.5, 0.6) is 0 Å². The van der Waals surface area contributed by atoms with Crippen molar-refractivity contribution in [3.8, 4) is 0 Å². The molecule has 8 heteroatoms. The zero-order chi connectivity index (χ0) is 12.3. The van der Waals surface area contributed by atoms with Crippen LogP contribution in [0, 0.1) is 0 Å². The van der Waals surface area contributed by atoms with E-state index in [4.69, 9.17) is 5.11 Å². The number of hydrogen-bond acceptors (Lipinski definition) is 7. The van der Waals surface area contributed by atoms with Gasteiger partial charge in [0.05, 0.1) is 12.1 Å². The van der Waals surface area contributed by atoms with Crippen LogP contribution < -0.4 is 0 Å². The molecular formula is C9H9N3O2S3. The molecule has 5 nitrogen and oxygen atoms in total. The fourth-order valence-electron chi connectivity index (χ4n) is 1.07. The normalized spacial score (nSPS) is 10.6. The predicted octanol–water partition coefficient (Wildman–Crippen LogP) is 2.34. The Hall–Kier alpha value is -0.990. The number of carboxylic acid groups (broad SMARTS) is 1. The number of aliphatic carboxylic acids is 1. The van der Waals surface area contributed by atoms with E-state index in [0.29, 0.717) is 5.69 Å². The van der Waals surface area contributed by atoms with Crippen LogP contribution in [0.2, 0.25) is 0 Å². The summed E-state index contributed by atoms with van der Waals surface area (Å²) in [6, 6.07) is 0. The van der Waals surface area contributed by atoms with Gasteiger partial charge in [-0.25, -0.2) is 4.98 Å². The van der Waals surface area contributed by atoms with Gasteiger partial charge in [-0.15, -0.1) is 21.5 Å². The minimum Gasteiger partial charge on any atom is -0.481 e. The van der Waals surface area contributed by atoms with Crippen LogP contribution in [-0.4, -0.2) is 26.3 Å². The van der Waals surface area contributed by atoms with E-state index in [1.54, 1.807) is 16.7 Å². The number of aromatic nitrogens is 3. The molecule has 0 amide bonds. The first-order valence-electron chi connectivity index (χ1n) is 4.83. The van der Waals surface area contributed by atoms with Crippen molar-refractivity contribution in [2.24, 2.45) is 0 Å². The quantitative estimate of drug-likeness (QED) is 0.909. The van der Waals surface area contributed by atoms with E-state index in [2.05, 4.69) is 15.2 Å². The van der Waals surface area contributed by atoms with Gasteiger partial charge >= 0.3 is 5.97 Å². The third-order valence-electron chi connectivity index (χ3n) is 1.79. The van der Waals surface area contributed by atoms with Crippen molar-refractivity contribution >= 4 is 40.4 Å². The van der Waals surface area contributed by atoms with Crippen molar-refractivity contribution in [1.82, 2.24) is 15.2 Å². The molecule has 0 saturated heterocycles. The topological polar surface area (TPSA) is 76.0 Å². The summed E-state index contributed by atoms with van der Waals surface area (Å²) < 4.78 is 1.65. The van der Waals surface area contributed by atoms with Gasteiger partial charge in [0.15, 0.2) is 8.68 Å². The summed E-state index contributed by atoms with van der Waals surface area (Å²) in [5.74, 6) is -0.865. The van der Waals surface area contributed by atoms with Gasteiger partial charge in [-0.2, -0.15) is 0 Å². The third-order valence-corrected chi connectivity index (χ3v) is 4.89.